The molecule has 0 amide bonds. The lowest BCUT2D eigenvalue weighted by molar-refractivity contribution is 0.600. The van der Waals surface area contributed by atoms with Crippen LogP contribution in [0.5, 0.6) is 0 Å². The van der Waals surface area contributed by atoms with Gasteiger partial charge in [0.1, 0.15) is 9.84 Å². The first-order valence-electron chi connectivity index (χ1n) is 5.16. The van der Waals surface area contributed by atoms with Gasteiger partial charge in [-0.3, -0.25) is 0 Å². The topological polar surface area (TPSA) is 72.2 Å². The molecule has 0 aliphatic rings. The monoisotopic (exact) mass is 242 g/mol. The van der Waals surface area contributed by atoms with E-state index in [1.54, 1.807) is 0 Å². The lowest BCUT2D eigenvalue weighted by atomic mass is 10.2. The molecule has 0 aromatic heterocycles. The number of nitrogens with two attached hydrogens (primary N) is 1. The lowest BCUT2D eigenvalue weighted by Gasteiger charge is -2.08. The van der Waals surface area contributed by atoms with E-state index in [1.807, 2.05) is 25.1 Å². The molecule has 90 valence electrons. The van der Waals surface area contributed by atoms with E-state index in [4.69, 9.17) is 5.73 Å². The van der Waals surface area contributed by atoms with Gasteiger partial charge in [0.2, 0.25) is 0 Å². The van der Waals surface area contributed by atoms with Crippen LogP contribution in [0.25, 0.3) is 0 Å². The van der Waals surface area contributed by atoms with Gasteiger partial charge >= 0.3 is 0 Å². The van der Waals surface area contributed by atoms with E-state index in [-0.39, 0.29) is 5.75 Å². The highest BCUT2D eigenvalue weighted by atomic mass is 32.2. The van der Waals surface area contributed by atoms with Crippen molar-refractivity contribution < 1.29 is 8.42 Å². The zero-order chi connectivity index (χ0) is 12.2. The number of nitrogens with one attached hydrogen (secondary N) is 1. The smallest absolute Gasteiger partial charge is 0.147 e. The fourth-order valence-electron chi connectivity index (χ4n) is 1.32. The Hall–Kier alpha value is -1.23. The molecular weight excluding hydrogens is 224 g/mol. The van der Waals surface area contributed by atoms with E-state index in [0.717, 1.165) is 16.9 Å². The van der Waals surface area contributed by atoms with E-state index in [1.165, 1.54) is 6.26 Å². The third kappa shape index (κ3) is 4.53. The standard InChI is InChI=1S/C11H18N2O2S/c1-9-4-5-10(8-11(9)12)13-6-3-7-16(2,14)15/h4-5,8,13H,3,6-7,12H2,1-2H3. The first-order chi connectivity index (χ1) is 7.38. The Kier molecular flexibility index (Phi) is 4.18. The molecule has 1 rings (SSSR count). The SMILES string of the molecule is Cc1ccc(NCCCS(C)(=O)=O)cc1N. The molecule has 0 radical (unpaired) electrons. The minimum Gasteiger partial charge on any atom is -0.398 e. The molecule has 5 heteroatoms. The van der Waals surface area contributed by atoms with E-state index in [9.17, 15) is 8.42 Å². The molecule has 1 aromatic rings. The molecule has 0 aliphatic heterocycles. The summed E-state index contributed by atoms with van der Waals surface area (Å²) >= 11 is 0. The van der Waals surface area contributed by atoms with Crippen molar-refractivity contribution >= 4 is 21.2 Å². The molecule has 1 aromatic carbocycles. The number of hydrogen-bond acceptors (Lipinski definition) is 4. The average molecular weight is 242 g/mol. The fraction of sp³-hybridized carbons (Fsp3) is 0.455. The van der Waals surface area contributed by atoms with Gasteiger partial charge in [-0.25, -0.2) is 8.42 Å². The van der Waals surface area contributed by atoms with Gasteiger partial charge in [-0.05, 0) is 31.0 Å². The third-order valence-electron chi connectivity index (χ3n) is 2.30. The Balaban J connectivity index is 2.41. The summed E-state index contributed by atoms with van der Waals surface area (Å²) in [6.45, 7) is 2.58. The molecule has 0 bridgehead atoms. The van der Waals surface area contributed by atoms with Crippen molar-refractivity contribution in [1.82, 2.24) is 0 Å². The van der Waals surface area contributed by atoms with E-state index >= 15 is 0 Å². The van der Waals surface area contributed by atoms with Gasteiger partial charge in [0.25, 0.3) is 0 Å². The number of sulfone groups is 1. The van der Waals surface area contributed by atoms with Crippen molar-refractivity contribution in [3.63, 3.8) is 0 Å². The van der Waals surface area contributed by atoms with Gasteiger partial charge in [0.05, 0.1) is 5.75 Å². The number of rotatable bonds is 5. The maximum Gasteiger partial charge on any atom is 0.147 e. The van der Waals surface area contributed by atoms with Gasteiger partial charge in [-0.1, -0.05) is 6.07 Å². The minimum atomic E-state index is -2.86. The van der Waals surface area contributed by atoms with E-state index in [0.29, 0.717) is 13.0 Å². The zero-order valence-corrected chi connectivity index (χ0v) is 10.5. The molecule has 16 heavy (non-hydrogen) atoms. The highest BCUT2D eigenvalue weighted by Crippen LogP contribution is 2.16. The normalized spacial score (nSPS) is 11.4. The lowest BCUT2D eigenvalue weighted by Crippen LogP contribution is -2.09. The molecule has 0 saturated heterocycles. The van der Waals surface area contributed by atoms with Gasteiger partial charge in [-0.2, -0.15) is 0 Å². The highest BCUT2D eigenvalue weighted by molar-refractivity contribution is 7.90. The molecule has 0 heterocycles. The molecule has 0 saturated carbocycles. The maximum absolute atomic E-state index is 10.9. The maximum atomic E-state index is 10.9. The Morgan fingerprint density at radius 1 is 1.38 bits per heavy atom. The van der Waals surface area contributed by atoms with Crippen LogP contribution in [0.4, 0.5) is 11.4 Å². The molecule has 3 N–H and O–H groups in total. The van der Waals surface area contributed by atoms with Crippen molar-refractivity contribution in [3.05, 3.63) is 23.8 Å². The molecule has 0 spiro atoms. The molecule has 0 fully saturated rings. The summed E-state index contributed by atoms with van der Waals surface area (Å²) in [5.74, 6) is 0.210. The van der Waals surface area contributed by atoms with Crippen LogP contribution in [0.1, 0.15) is 12.0 Å². The summed E-state index contributed by atoms with van der Waals surface area (Å²) in [5.41, 5.74) is 8.47. The summed E-state index contributed by atoms with van der Waals surface area (Å²) in [7, 11) is -2.86. The van der Waals surface area contributed by atoms with Gasteiger partial charge in [-0.15, -0.1) is 0 Å². The van der Waals surface area contributed by atoms with Crippen LogP contribution in [0.2, 0.25) is 0 Å². The summed E-state index contributed by atoms with van der Waals surface area (Å²) < 4.78 is 21.8. The van der Waals surface area contributed by atoms with Crippen LogP contribution in [-0.4, -0.2) is 27.0 Å². The largest absolute Gasteiger partial charge is 0.398 e. The number of benzene rings is 1. The van der Waals surface area contributed by atoms with Gasteiger partial charge < -0.3 is 11.1 Å². The van der Waals surface area contributed by atoms with Crippen LogP contribution >= 0.6 is 0 Å². The zero-order valence-electron chi connectivity index (χ0n) is 9.66. The van der Waals surface area contributed by atoms with Crippen LogP contribution in [0.15, 0.2) is 18.2 Å². The first-order valence-corrected chi connectivity index (χ1v) is 7.22. The van der Waals surface area contributed by atoms with Gasteiger partial charge in [0, 0.05) is 24.2 Å². The van der Waals surface area contributed by atoms with Crippen molar-refractivity contribution in [2.75, 3.05) is 29.6 Å². The molecular formula is C11H18N2O2S. The summed E-state index contributed by atoms with van der Waals surface area (Å²) in [6, 6.07) is 5.73. The Labute approximate surface area is 96.8 Å². The summed E-state index contributed by atoms with van der Waals surface area (Å²) in [4.78, 5) is 0. The van der Waals surface area contributed by atoms with Gasteiger partial charge in [0.15, 0.2) is 0 Å². The van der Waals surface area contributed by atoms with Crippen molar-refractivity contribution in [2.45, 2.75) is 13.3 Å². The van der Waals surface area contributed by atoms with E-state index in [2.05, 4.69) is 5.32 Å². The minimum absolute atomic E-state index is 0.210. The molecule has 0 unspecified atom stereocenters. The average Bonchev–Trinajstić information content (AvgIpc) is 2.17. The number of hydrogen-bond donors (Lipinski definition) is 2. The fourth-order valence-corrected chi connectivity index (χ4v) is 1.99. The number of nitrogen functional groups attached to an aromatic ring is 1. The van der Waals surface area contributed by atoms with Crippen molar-refractivity contribution in [3.8, 4) is 0 Å². The van der Waals surface area contributed by atoms with Crippen LogP contribution in [-0.2, 0) is 9.84 Å². The first kappa shape index (κ1) is 12.8. The molecule has 0 aliphatic carbocycles. The summed E-state index contributed by atoms with van der Waals surface area (Å²) in [5, 5.41) is 3.14. The van der Waals surface area contributed by atoms with Crippen molar-refractivity contribution in [2.24, 2.45) is 0 Å². The second-order valence-electron chi connectivity index (χ2n) is 3.98. The highest BCUT2D eigenvalue weighted by Gasteiger charge is 2.01. The summed E-state index contributed by atoms with van der Waals surface area (Å²) in [6.07, 6.45) is 1.85. The number of anilines is 2. The predicted octanol–water partition coefficient (Wildman–Crippen LogP) is 1.42. The molecule has 0 atom stereocenters. The Bertz CT molecular complexity index is 455. The number of aryl methyl sites for hydroxylation is 1. The van der Waals surface area contributed by atoms with Crippen molar-refractivity contribution in [1.29, 1.82) is 0 Å². The van der Waals surface area contributed by atoms with E-state index < -0.39 is 9.84 Å². The quantitative estimate of drug-likeness (QED) is 0.605. The second kappa shape index (κ2) is 5.21. The predicted molar refractivity (Wildman–Crippen MR) is 68.4 cm³/mol. The van der Waals surface area contributed by atoms with Crippen LogP contribution in [0.3, 0.4) is 0 Å². The Morgan fingerprint density at radius 2 is 2.06 bits per heavy atom. The van der Waals surface area contributed by atoms with Crippen LogP contribution < -0.4 is 11.1 Å². The molecule has 4 nitrogen and oxygen atoms in total. The second-order valence-corrected chi connectivity index (χ2v) is 6.24. The Morgan fingerprint density at radius 3 is 2.62 bits per heavy atom. The van der Waals surface area contributed by atoms with Crippen LogP contribution in [0, 0.1) is 6.92 Å². The third-order valence-corrected chi connectivity index (χ3v) is 3.33.